The second-order valence-electron chi connectivity index (χ2n) is 10.1. The van der Waals surface area contributed by atoms with Crippen molar-refractivity contribution < 1.29 is 9.53 Å². The van der Waals surface area contributed by atoms with Gasteiger partial charge in [0.15, 0.2) is 0 Å². The van der Waals surface area contributed by atoms with Gasteiger partial charge in [0.1, 0.15) is 29.3 Å². The Morgan fingerprint density at radius 3 is 2.97 bits per heavy atom. The van der Waals surface area contributed by atoms with Gasteiger partial charge in [-0.1, -0.05) is 0 Å². The van der Waals surface area contributed by atoms with Crippen LogP contribution in [0.25, 0.3) is 10.2 Å². The van der Waals surface area contributed by atoms with E-state index in [4.69, 9.17) is 4.74 Å². The first kappa shape index (κ1) is 23.4. The average molecular weight is 508 g/mol. The van der Waals surface area contributed by atoms with Gasteiger partial charge in [-0.15, -0.1) is 11.3 Å². The van der Waals surface area contributed by atoms with Crippen LogP contribution in [-0.4, -0.2) is 66.0 Å². The molecule has 36 heavy (non-hydrogen) atoms. The Balaban J connectivity index is 1.29. The molecule has 3 aromatic rings. The van der Waals surface area contributed by atoms with Crippen LogP contribution < -0.4 is 20.9 Å². The average Bonchev–Trinajstić information content (AvgIpc) is 3.63. The van der Waals surface area contributed by atoms with Crippen LogP contribution in [0, 0.1) is 5.92 Å². The van der Waals surface area contributed by atoms with E-state index in [1.54, 1.807) is 22.6 Å². The zero-order valence-electron chi connectivity index (χ0n) is 20.9. The Labute approximate surface area is 215 Å². The summed E-state index contributed by atoms with van der Waals surface area (Å²) in [6.07, 6.45) is 6.66. The van der Waals surface area contributed by atoms with E-state index < -0.39 is 0 Å². The minimum Gasteiger partial charge on any atom is -0.490 e. The molecule has 4 heterocycles. The summed E-state index contributed by atoms with van der Waals surface area (Å²) in [6.45, 7) is 4.66. The van der Waals surface area contributed by atoms with Gasteiger partial charge in [-0.25, -0.2) is 15.4 Å². The van der Waals surface area contributed by atoms with Crippen LogP contribution in [0.15, 0.2) is 18.5 Å². The van der Waals surface area contributed by atoms with Crippen molar-refractivity contribution in [1.29, 1.82) is 0 Å². The number of thiophene rings is 1. The minimum atomic E-state index is 0.0391. The third-order valence-electron chi connectivity index (χ3n) is 7.46. The summed E-state index contributed by atoms with van der Waals surface area (Å²) < 4.78 is 6.31. The lowest BCUT2D eigenvalue weighted by Gasteiger charge is -2.24. The summed E-state index contributed by atoms with van der Waals surface area (Å²) in [5, 5.41) is 4.68. The zero-order chi connectivity index (χ0) is 24.6. The fraction of sp³-hybridized carbons (Fsp3) is 0.500. The minimum absolute atomic E-state index is 0.0391. The van der Waals surface area contributed by atoms with Gasteiger partial charge in [-0.05, 0) is 62.4 Å². The van der Waals surface area contributed by atoms with Crippen LogP contribution in [0.2, 0.25) is 0 Å². The summed E-state index contributed by atoms with van der Waals surface area (Å²) in [5.74, 6) is 1.87. The Morgan fingerprint density at radius 2 is 2.14 bits per heavy atom. The predicted octanol–water partition coefficient (Wildman–Crippen LogP) is 3.53. The maximum atomic E-state index is 12.6. The van der Waals surface area contributed by atoms with Gasteiger partial charge < -0.3 is 20.4 Å². The summed E-state index contributed by atoms with van der Waals surface area (Å²) in [7, 11) is 3.67. The van der Waals surface area contributed by atoms with E-state index in [-0.39, 0.29) is 11.8 Å². The van der Waals surface area contributed by atoms with Gasteiger partial charge in [-0.2, -0.15) is 0 Å². The number of nitrogens with one attached hydrogen (secondary N) is 3. The Bertz CT molecular complexity index is 1290. The van der Waals surface area contributed by atoms with Gasteiger partial charge in [0.05, 0.1) is 16.8 Å². The molecule has 0 saturated carbocycles. The van der Waals surface area contributed by atoms with E-state index in [1.807, 2.05) is 14.1 Å². The SMILES string of the molecule is CN(C)C(=O)[C@H]1CCc2c(sc3ncnc(Nc4cc5c(cc4OCCN4CCCC4)NNC5)c23)C1. The van der Waals surface area contributed by atoms with Crippen molar-refractivity contribution in [3.8, 4) is 5.75 Å². The van der Waals surface area contributed by atoms with Crippen molar-refractivity contribution in [2.24, 2.45) is 5.92 Å². The molecule has 3 aliphatic rings. The van der Waals surface area contributed by atoms with E-state index in [0.717, 1.165) is 78.6 Å². The van der Waals surface area contributed by atoms with Crippen LogP contribution in [0.5, 0.6) is 5.75 Å². The number of aryl methyl sites for hydroxylation is 1. The molecule has 1 amide bonds. The van der Waals surface area contributed by atoms with Crippen LogP contribution >= 0.6 is 11.3 Å². The Morgan fingerprint density at radius 1 is 1.28 bits per heavy atom. The molecule has 0 spiro atoms. The van der Waals surface area contributed by atoms with Crippen LogP contribution in [-0.2, 0) is 24.2 Å². The smallest absolute Gasteiger partial charge is 0.225 e. The summed E-state index contributed by atoms with van der Waals surface area (Å²) >= 11 is 1.69. The molecule has 0 bridgehead atoms. The molecule has 9 nitrogen and oxygen atoms in total. The first-order valence-electron chi connectivity index (χ1n) is 12.8. The van der Waals surface area contributed by atoms with E-state index in [9.17, 15) is 4.79 Å². The summed E-state index contributed by atoms with van der Waals surface area (Å²) in [5.41, 5.74) is 10.9. The maximum absolute atomic E-state index is 12.6. The number of fused-ring (bicyclic) bond motifs is 4. The van der Waals surface area contributed by atoms with Crippen molar-refractivity contribution in [2.45, 2.75) is 38.6 Å². The number of carbonyl (C=O) groups is 1. The standard InChI is InChI=1S/C26H33N7O2S/c1-32(2)26(34)16-5-6-18-22(12-16)36-25-23(18)24(27-15-28-25)30-20-11-17-14-29-31-19(17)13-21(20)35-10-9-33-7-3-4-8-33/h11,13,15-16,29,31H,3-10,12,14H2,1-2H3,(H,27,28,30)/t16-/m0/s1. The molecule has 1 aromatic carbocycles. The Hall–Kier alpha value is -2.95. The molecule has 10 heteroatoms. The number of likely N-dealkylation sites (tertiary alicyclic amines) is 1. The van der Waals surface area contributed by atoms with Gasteiger partial charge in [0.2, 0.25) is 5.91 Å². The van der Waals surface area contributed by atoms with Crippen molar-refractivity contribution >= 4 is 44.7 Å². The lowest BCUT2D eigenvalue weighted by molar-refractivity contribution is -0.133. The fourth-order valence-corrected chi connectivity index (χ4v) is 6.81. The number of ether oxygens (including phenoxy) is 1. The van der Waals surface area contributed by atoms with Crippen molar-refractivity contribution in [2.75, 3.05) is 51.1 Å². The molecule has 1 atom stereocenters. The number of amides is 1. The summed E-state index contributed by atoms with van der Waals surface area (Å²) in [6, 6.07) is 4.21. The monoisotopic (exact) mass is 507 g/mol. The predicted molar refractivity (Wildman–Crippen MR) is 143 cm³/mol. The number of anilines is 3. The molecule has 3 N–H and O–H groups in total. The first-order valence-corrected chi connectivity index (χ1v) is 13.6. The molecular formula is C26H33N7O2S. The van der Waals surface area contributed by atoms with Gasteiger partial charge >= 0.3 is 0 Å². The quantitative estimate of drug-likeness (QED) is 0.447. The van der Waals surface area contributed by atoms with Crippen LogP contribution in [0.4, 0.5) is 17.2 Å². The van der Waals surface area contributed by atoms with Crippen molar-refractivity contribution in [3.63, 3.8) is 0 Å². The van der Waals surface area contributed by atoms with Gasteiger partial charge in [-0.3, -0.25) is 9.69 Å². The molecule has 6 rings (SSSR count). The largest absolute Gasteiger partial charge is 0.490 e. The lowest BCUT2D eigenvalue weighted by Crippen LogP contribution is -2.32. The second kappa shape index (κ2) is 9.84. The number of hydrazine groups is 1. The Kier molecular flexibility index (Phi) is 6.41. The van der Waals surface area contributed by atoms with Crippen molar-refractivity contribution in [3.05, 3.63) is 34.5 Å². The highest BCUT2D eigenvalue weighted by atomic mass is 32.1. The molecule has 1 aliphatic carbocycles. The van der Waals surface area contributed by atoms with Crippen LogP contribution in [0.1, 0.15) is 35.3 Å². The fourth-order valence-electron chi connectivity index (χ4n) is 5.54. The van der Waals surface area contributed by atoms with Gasteiger partial charge in [0.25, 0.3) is 0 Å². The molecular weight excluding hydrogens is 474 g/mol. The van der Waals surface area contributed by atoms with Crippen molar-refractivity contribution in [1.82, 2.24) is 25.2 Å². The number of hydrogen-bond donors (Lipinski definition) is 3. The third kappa shape index (κ3) is 4.49. The molecule has 0 radical (unpaired) electrons. The normalized spacial score (nSPS) is 19.1. The van der Waals surface area contributed by atoms with E-state index in [0.29, 0.717) is 6.61 Å². The molecule has 2 aromatic heterocycles. The highest BCUT2D eigenvalue weighted by Gasteiger charge is 2.30. The highest BCUT2D eigenvalue weighted by Crippen LogP contribution is 2.42. The number of benzene rings is 1. The first-order chi connectivity index (χ1) is 17.6. The number of rotatable bonds is 7. The number of carbonyl (C=O) groups excluding carboxylic acids is 1. The molecule has 0 unspecified atom stereocenters. The molecule has 2 aliphatic heterocycles. The second-order valence-corrected chi connectivity index (χ2v) is 11.2. The maximum Gasteiger partial charge on any atom is 0.225 e. The van der Waals surface area contributed by atoms with Crippen LogP contribution in [0.3, 0.4) is 0 Å². The zero-order valence-corrected chi connectivity index (χ0v) is 21.7. The molecule has 1 saturated heterocycles. The molecule has 190 valence electrons. The number of nitrogens with zero attached hydrogens (tertiary/aromatic N) is 4. The van der Waals surface area contributed by atoms with E-state index >= 15 is 0 Å². The third-order valence-corrected chi connectivity index (χ3v) is 8.62. The van der Waals surface area contributed by atoms with E-state index in [1.165, 1.54) is 28.8 Å². The topological polar surface area (TPSA) is 94.7 Å². The number of hydrogen-bond acceptors (Lipinski definition) is 9. The lowest BCUT2D eigenvalue weighted by atomic mass is 9.87. The molecule has 1 fully saturated rings. The summed E-state index contributed by atoms with van der Waals surface area (Å²) in [4.78, 5) is 28.2. The number of aromatic nitrogens is 2. The van der Waals surface area contributed by atoms with Gasteiger partial charge in [0, 0.05) is 44.0 Å². The highest BCUT2D eigenvalue weighted by molar-refractivity contribution is 7.19. The van der Waals surface area contributed by atoms with E-state index in [2.05, 4.69) is 43.2 Å².